The predicted octanol–water partition coefficient (Wildman–Crippen LogP) is 3.48. The summed E-state index contributed by atoms with van der Waals surface area (Å²) in [4.78, 5) is 10.4. The quantitative estimate of drug-likeness (QED) is 0.226. The van der Waals surface area contributed by atoms with Crippen LogP contribution in [0.1, 0.15) is 44.0 Å². The zero-order valence-corrected chi connectivity index (χ0v) is 18.6. The Morgan fingerprint density at radius 2 is 2.12 bits per heavy atom. The summed E-state index contributed by atoms with van der Waals surface area (Å²) in [7, 11) is 0. The molecule has 1 aromatic heterocycles. The summed E-state index contributed by atoms with van der Waals surface area (Å²) < 4.78 is 5.57. The van der Waals surface area contributed by atoms with Crippen LogP contribution in [0.15, 0.2) is 11.2 Å². The van der Waals surface area contributed by atoms with Gasteiger partial charge in [0, 0.05) is 50.3 Å². The lowest BCUT2D eigenvalue weighted by Crippen LogP contribution is -2.38. The van der Waals surface area contributed by atoms with E-state index in [0.29, 0.717) is 5.92 Å². The third kappa shape index (κ3) is 11.2. The van der Waals surface area contributed by atoms with Crippen molar-refractivity contribution in [2.45, 2.75) is 47.0 Å². The number of halogens is 1. The van der Waals surface area contributed by atoms with Crippen molar-refractivity contribution in [1.29, 1.82) is 0 Å². The van der Waals surface area contributed by atoms with Gasteiger partial charge in [0.2, 0.25) is 0 Å². The molecule has 0 radical (unpaired) electrons. The lowest BCUT2D eigenvalue weighted by atomic mass is 10.2. The van der Waals surface area contributed by atoms with Crippen LogP contribution in [-0.4, -0.2) is 43.8 Å². The first-order valence-corrected chi connectivity index (χ1v) is 9.50. The van der Waals surface area contributed by atoms with Gasteiger partial charge in [-0.05, 0) is 25.7 Å². The Bertz CT molecular complexity index is 452. The van der Waals surface area contributed by atoms with Crippen molar-refractivity contribution in [3.8, 4) is 0 Å². The second-order valence-corrected chi connectivity index (χ2v) is 7.03. The Kier molecular flexibility index (Phi) is 14.6. The molecule has 0 atom stereocenters. The number of hydrogen-bond donors (Lipinski definition) is 2. The first-order chi connectivity index (χ1) is 11.2. The molecule has 0 fully saturated rings. The van der Waals surface area contributed by atoms with Crippen molar-refractivity contribution in [2.24, 2.45) is 10.9 Å². The number of aliphatic imine (C=N–C) groups is 1. The van der Waals surface area contributed by atoms with Crippen LogP contribution in [0, 0.1) is 5.92 Å². The first kappa shape index (κ1) is 23.6. The molecule has 1 aromatic rings. The summed E-state index contributed by atoms with van der Waals surface area (Å²) in [6.45, 7) is 12.7. The normalized spacial score (nSPS) is 11.5. The SMILES string of the molecule is CCNC(=NCCCOCC(C)C)NCCc1ncc(CC)s1.I. The van der Waals surface area contributed by atoms with Crippen LogP contribution >= 0.6 is 35.3 Å². The van der Waals surface area contributed by atoms with Crippen LogP contribution in [0.4, 0.5) is 0 Å². The van der Waals surface area contributed by atoms with Crippen molar-refractivity contribution in [3.63, 3.8) is 0 Å². The molecule has 7 heteroatoms. The van der Waals surface area contributed by atoms with Gasteiger partial charge in [-0.1, -0.05) is 20.8 Å². The molecule has 2 N–H and O–H groups in total. The number of ether oxygens (including phenoxy) is 1. The van der Waals surface area contributed by atoms with Crippen molar-refractivity contribution in [2.75, 3.05) is 32.8 Å². The summed E-state index contributed by atoms with van der Waals surface area (Å²) in [5.41, 5.74) is 0. The van der Waals surface area contributed by atoms with Crippen LogP contribution in [-0.2, 0) is 17.6 Å². The zero-order chi connectivity index (χ0) is 16.9. The van der Waals surface area contributed by atoms with Crippen LogP contribution in [0.3, 0.4) is 0 Å². The highest BCUT2D eigenvalue weighted by Crippen LogP contribution is 2.13. The number of guanidine groups is 1. The first-order valence-electron chi connectivity index (χ1n) is 8.69. The van der Waals surface area contributed by atoms with E-state index in [4.69, 9.17) is 4.74 Å². The average Bonchev–Trinajstić information content (AvgIpc) is 2.98. The maximum absolute atomic E-state index is 5.57. The van der Waals surface area contributed by atoms with Gasteiger partial charge < -0.3 is 15.4 Å². The van der Waals surface area contributed by atoms with Gasteiger partial charge in [0.05, 0.1) is 5.01 Å². The Labute approximate surface area is 168 Å². The third-order valence-corrected chi connectivity index (χ3v) is 4.29. The molecule has 0 unspecified atom stereocenters. The lowest BCUT2D eigenvalue weighted by Gasteiger charge is -2.11. The molecule has 0 amide bonds. The average molecular weight is 468 g/mol. The van der Waals surface area contributed by atoms with Gasteiger partial charge in [0.15, 0.2) is 5.96 Å². The molecular formula is C17H33IN4OS. The number of aryl methyl sites for hydroxylation is 1. The van der Waals surface area contributed by atoms with Crippen molar-refractivity contribution in [3.05, 3.63) is 16.1 Å². The number of rotatable bonds is 11. The standard InChI is InChI=1S/C17H32N4OS.HI/c1-5-15-12-21-16(23-15)8-10-20-17(18-6-2)19-9-7-11-22-13-14(3)4;/h12,14H,5-11,13H2,1-4H3,(H2,18,19,20);1H. The summed E-state index contributed by atoms with van der Waals surface area (Å²) >= 11 is 1.80. The number of thiazole rings is 1. The molecule has 0 saturated carbocycles. The van der Waals surface area contributed by atoms with E-state index in [9.17, 15) is 0 Å². The van der Waals surface area contributed by atoms with Crippen LogP contribution in [0.5, 0.6) is 0 Å². The number of nitrogens with zero attached hydrogens (tertiary/aromatic N) is 2. The molecule has 0 aliphatic rings. The highest BCUT2D eigenvalue weighted by molar-refractivity contribution is 14.0. The highest BCUT2D eigenvalue weighted by atomic mass is 127. The van der Waals surface area contributed by atoms with E-state index >= 15 is 0 Å². The minimum atomic E-state index is 0. The molecule has 0 aliphatic carbocycles. The molecule has 0 bridgehead atoms. The molecule has 0 aliphatic heterocycles. The van der Waals surface area contributed by atoms with Gasteiger partial charge in [-0.2, -0.15) is 0 Å². The van der Waals surface area contributed by atoms with Crippen LogP contribution < -0.4 is 10.6 Å². The van der Waals surface area contributed by atoms with Gasteiger partial charge in [0.1, 0.15) is 0 Å². The number of aromatic nitrogens is 1. The van der Waals surface area contributed by atoms with Gasteiger partial charge >= 0.3 is 0 Å². The molecule has 0 saturated heterocycles. The minimum Gasteiger partial charge on any atom is -0.381 e. The Hall–Kier alpha value is -0.410. The molecule has 140 valence electrons. The maximum Gasteiger partial charge on any atom is 0.191 e. The topological polar surface area (TPSA) is 58.5 Å². The second kappa shape index (κ2) is 14.9. The number of nitrogens with one attached hydrogen (secondary N) is 2. The molecule has 24 heavy (non-hydrogen) atoms. The minimum absolute atomic E-state index is 0. The summed E-state index contributed by atoms with van der Waals surface area (Å²) in [6, 6.07) is 0. The van der Waals surface area contributed by atoms with Gasteiger partial charge in [-0.15, -0.1) is 35.3 Å². The van der Waals surface area contributed by atoms with E-state index in [-0.39, 0.29) is 24.0 Å². The van der Waals surface area contributed by atoms with Crippen LogP contribution in [0.2, 0.25) is 0 Å². The lowest BCUT2D eigenvalue weighted by molar-refractivity contribution is 0.109. The summed E-state index contributed by atoms with van der Waals surface area (Å²) in [6.07, 6.45) is 4.94. The Balaban J connectivity index is 0.00000529. The van der Waals surface area contributed by atoms with E-state index in [1.165, 1.54) is 9.88 Å². The van der Waals surface area contributed by atoms with E-state index in [2.05, 4.69) is 48.3 Å². The predicted molar refractivity (Wildman–Crippen MR) is 115 cm³/mol. The van der Waals surface area contributed by atoms with Crippen molar-refractivity contribution >= 4 is 41.3 Å². The van der Waals surface area contributed by atoms with E-state index in [1.807, 2.05) is 6.20 Å². The highest BCUT2D eigenvalue weighted by Gasteiger charge is 2.02. The van der Waals surface area contributed by atoms with Gasteiger partial charge in [0.25, 0.3) is 0 Å². The van der Waals surface area contributed by atoms with Gasteiger partial charge in [-0.25, -0.2) is 4.98 Å². The monoisotopic (exact) mass is 468 g/mol. The molecule has 1 rings (SSSR count). The molecular weight excluding hydrogens is 435 g/mol. The summed E-state index contributed by atoms with van der Waals surface area (Å²) in [5, 5.41) is 7.83. The number of hydrogen-bond acceptors (Lipinski definition) is 4. The fourth-order valence-electron chi connectivity index (χ4n) is 1.93. The van der Waals surface area contributed by atoms with Crippen molar-refractivity contribution in [1.82, 2.24) is 15.6 Å². The maximum atomic E-state index is 5.57. The van der Waals surface area contributed by atoms with E-state index in [0.717, 1.165) is 58.1 Å². The van der Waals surface area contributed by atoms with Gasteiger partial charge in [-0.3, -0.25) is 4.99 Å². The fraction of sp³-hybridized carbons (Fsp3) is 0.765. The smallest absolute Gasteiger partial charge is 0.191 e. The third-order valence-electron chi connectivity index (χ3n) is 3.09. The Morgan fingerprint density at radius 3 is 2.75 bits per heavy atom. The fourth-order valence-corrected chi connectivity index (χ4v) is 2.80. The molecule has 0 spiro atoms. The Morgan fingerprint density at radius 1 is 1.33 bits per heavy atom. The molecule has 1 heterocycles. The molecule has 5 nitrogen and oxygen atoms in total. The largest absolute Gasteiger partial charge is 0.381 e. The van der Waals surface area contributed by atoms with Crippen molar-refractivity contribution < 1.29 is 4.74 Å². The second-order valence-electron chi connectivity index (χ2n) is 5.83. The zero-order valence-electron chi connectivity index (χ0n) is 15.4. The van der Waals surface area contributed by atoms with E-state index in [1.54, 1.807) is 11.3 Å². The molecule has 0 aromatic carbocycles. The van der Waals surface area contributed by atoms with Crippen LogP contribution in [0.25, 0.3) is 0 Å². The summed E-state index contributed by atoms with van der Waals surface area (Å²) in [5.74, 6) is 1.47. The van der Waals surface area contributed by atoms with E-state index < -0.39 is 0 Å².